The maximum Gasteiger partial charge on any atom is 0.182 e. The minimum absolute atomic E-state index is 0.141. The number of carbonyl (C=O) groups excluding carboxylic acids is 1. The number of hydrogen-bond acceptors (Lipinski definition) is 3. The topological polar surface area (TPSA) is 55.1 Å². The van der Waals surface area contributed by atoms with Crippen LogP contribution in [0.2, 0.25) is 5.02 Å². The number of benzene rings is 1. The van der Waals surface area contributed by atoms with Gasteiger partial charge >= 0.3 is 0 Å². The second kappa shape index (κ2) is 6.42. The van der Waals surface area contributed by atoms with Gasteiger partial charge in [0, 0.05) is 8.99 Å². The molecule has 1 aromatic carbocycles. The fourth-order valence-electron chi connectivity index (χ4n) is 2.78. The average Bonchev–Trinajstić information content (AvgIpc) is 2.88. The van der Waals surface area contributed by atoms with Crippen LogP contribution in [-0.4, -0.2) is 21.3 Å². The number of hydrogen-bond donors (Lipinski definition) is 2. The molecule has 1 aliphatic heterocycles. The Labute approximate surface area is 145 Å². The number of ketones is 1. The lowest BCUT2D eigenvalue weighted by Gasteiger charge is -2.31. The Kier molecular flexibility index (Phi) is 5.21. The highest BCUT2D eigenvalue weighted by Gasteiger charge is 2.41. The van der Waals surface area contributed by atoms with Crippen LogP contribution in [-0.2, 0) is 0 Å². The molecule has 0 aromatic heterocycles. The van der Waals surface area contributed by atoms with Crippen LogP contribution in [0.25, 0.3) is 0 Å². The molecule has 1 unspecified atom stereocenters. The van der Waals surface area contributed by atoms with Gasteiger partial charge in [-0.1, -0.05) is 48.0 Å². The summed E-state index contributed by atoms with van der Waals surface area (Å²) < 4.78 is 0.189. The number of Topliss-reactive ketones (excluding diaryl/α,β-unsaturated/α-hetero) is 1. The van der Waals surface area contributed by atoms with E-state index in [4.69, 9.17) is 17.3 Å². The van der Waals surface area contributed by atoms with Gasteiger partial charge in [0.2, 0.25) is 0 Å². The van der Waals surface area contributed by atoms with E-state index in [0.29, 0.717) is 16.3 Å². The van der Waals surface area contributed by atoms with Gasteiger partial charge in [-0.25, -0.2) is 0 Å². The second-order valence-corrected chi connectivity index (χ2v) is 9.72. The molecule has 1 fully saturated rings. The minimum atomic E-state index is -0.443. The molecule has 1 atom stereocenters. The molecule has 5 heteroatoms. The SMILES string of the molecule is CC(C)(I)CCC1(C(=O)c2ccc(N)c(Cl)c2)CCCN1. The molecular weight excluding hydrogens is 399 g/mol. The van der Waals surface area contributed by atoms with Crippen LogP contribution < -0.4 is 11.1 Å². The van der Waals surface area contributed by atoms with E-state index >= 15 is 0 Å². The fraction of sp³-hybridized carbons (Fsp3) is 0.562. The molecule has 0 bridgehead atoms. The summed E-state index contributed by atoms with van der Waals surface area (Å²) in [6, 6.07) is 5.18. The number of nitrogens with one attached hydrogen (secondary N) is 1. The Bertz CT molecular complexity index is 534. The van der Waals surface area contributed by atoms with Crippen molar-refractivity contribution in [3.8, 4) is 0 Å². The number of rotatable bonds is 5. The molecule has 0 radical (unpaired) electrons. The van der Waals surface area contributed by atoms with Crippen molar-refractivity contribution in [3.05, 3.63) is 28.8 Å². The van der Waals surface area contributed by atoms with Crippen LogP contribution in [0.3, 0.4) is 0 Å². The number of nitrogen functional groups attached to an aromatic ring is 1. The molecule has 1 heterocycles. The van der Waals surface area contributed by atoms with Crippen molar-refractivity contribution in [2.45, 2.75) is 48.5 Å². The molecule has 0 spiro atoms. The summed E-state index contributed by atoms with van der Waals surface area (Å²) in [5.74, 6) is 0.141. The molecule has 3 N–H and O–H groups in total. The molecule has 3 nitrogen and oxygen atoms in total. The van der Waals surface area contributed by atoms with Gasteiger partial charge in [0.25, 0.3) is 0 Å². The van der Waals surface area contributed by atoms with Gasteiger partial charge in [0.1, 0.15) is 0 Å². The molecule has 1 aromatic rings. The van der Waals surface area contributed by atoms with Gasteiger partial charge < -0.3 is 11.1 Å². The molecule has 0 saturated carbocycles. The first-order valence-electron chi connectivity index (χ1n) is 7.27. The number of alkyl halides is 1. The number of carbonyl (C=O) groups is 1. The third-order valence-corrected chi connectivity index (χ3v) is 4.95. The highest BCUT2D eigenvalue weighted by Crippen LogP contribution is 2.34. The summed E-state index contributed by atoms with van der Waals surface area (Å²) in [5, 5.41) is 3.90. The molecular formula is C16H22ClIN2O. The van der Waals surface area contributed by atoms with Crippen molar-refractivity contribution in [1.82, 2.24) is 5.32 Å². The van der Waals surface area contributed by atoms with Crippen molar-refractivity contribution in [2.24, 2.45) is 0 Å². The summed E-state index contributed by atoms with van der Waals surface area (Å²) in [6.45, 7) is 5.29. The van der Waals surface area contributed by atoms with E-state index in [1.807, 2.05) is 0 Å². The maximum absolute atomic E-state index is 13.0. The Morgan fingerprint density at radius 2 is 2.24 bits per heavy atom. The van der Waals surface area contributed by atoms with Crippen molar-refractivity contribution in [1.29, 1.82) is 0 Å². The maximum atomic E-state index is 13.0. The first-order chi connectivity index (χ1) is 9.73. The highest BCUT2D eigenvalue weighted by atomic mass is 127. The van der Waals surface area contributed by atoms with E-state index in [2.05, 4.69) is 41.8 Å². The number of nitrogens with two attached hydrogens (primary N) is 1. The summed E-state index contributed by atoms with van der Waals surface area (Å²) in [4.78, 5) is 13.0. The van der Waals surface area contributed by atoms with Crippen LogP contribution in [0.15, 0.2) is 18.2 Å². The smallest absolute Gasteiger partial charge is 0.182 e. The predicted octanol–water partition coefficient (Wildman–Crippen LogP) is 4.22. The van der Waals surface area contributed by atoms with E-state index in [-0.39, 0.29) is 9.20 Å². The van der Waals surface area contributed by atoms with Gasteiger partial charge in [-0.05, 0) is 50.4 Å². The third-order valence-electron chi connectivity index (χ3n) is 4.09. The Morgan fingerprint density at radius 3 is 2.76 bits per heavy atom. The largest absolute Gasteiger partial charge is 0.398 e. The Balaban J connectivity index is 2.24. The first-order valence-corrected chi connectivity index (χ1v) is 8.73. The highest BCUT2D eigenvalue weighted by molar-refractivity contribution is 14.1. The second-order valence-electron chi connectivity index (χ2n) is 6.40. The molecule has 21 heavy (non-hydrogen) atoms. The van der Waals surface area contributed by atoms with Crippen LogP contribution in [0.5, 0.6) is 0 Å². The zero-order valence-electron chi connectivity index (χ0n) is 12.5. The molecule has 116 valence electrons. The lowest BCUT2D eigenvalue weighted by molar-refractivity contribution is 0.0854. The van der Waals surface area contributed by atoms with Crippen LogP contribution >= 0.6 is 34.2 Å². The van der Waals surface area contributed by atoms with Gasteiger partial charge in [0.15, 0.2) is 5.78 Å². The summed E-state index contributed by atoms with van der Waals surface area (Å²) in [5.41, 5.74) is 6.45. The Hall–Kier alpha value is -0.330. The minimum Gasteiger partial charge on any atom is -0.398 e. The summed E-state index contributed by atoms with van der Waals surface area (Å²) in [6.07, 6.45) is 3.77. The van der Waals surface area contributed by atoms with Crippen molar-refractivity contribution < 1.29 is 4.79 Å². The van der Waals surface area contributed by atoms with Crippen LogP contribution in [0, 0.1) is 0 Å². The first kappa shape index (κ1) is 17.0. The standard InChI is InChI=1S/C16H22ClIN2O/c1-15(2,18)7-8-16(6-3-9-20-16)14(21)11-4-5-13(19)12(17)10-11/h4-5,10,20H,3,6-9,19H2,1-2H3. The quantitative estimate of drug-likeness (QED) is 0.324. The fourth-order valence-corrected chi connectivity index (χ4v) is 3.23. The van der Waals surface area contributed by atoms with E-state index in [1.54, 1.807) is 18.2 Å². The van der Waals surface area contributed by atoms with Gasteiger partial charge in [-0.2, -0.15) is 0 Å². The lowest BCUT2D eigenvalue weighted by Crippen LogP contribution is -2.48. The van der Waals surface area contributed by atoms with Gasteiger partial charge in [0.05, 0.1) is 16.2 Å². The monoisotopic (exact) mass is 420 g/mol. The van der Waals surface area contributed by atoms with Crippen LogP contribution in [0.1, 0.15) is 49.9 Å². The number of anilines is 1. The molecule has 0 aliphatic carbocycles. The summed E-state index contributed by atoms with van der Waals surface area (Å²) >= 11 is 8.50. The van der Waals surface area contributed by atoms with Crippen molar-refractivity contribution in [3.63, 3.8) is 0 Å². The molecule has 0 amide bonds. The summed E-state index contributed by atoms with van der Waals surface area (Å²) in [7, 11) is 0. The van der Waals surface area contributed by atoms with Crippen molar-refractivity contribution in [2.75, 3.05) is 12.3 Å². The third kappa shape index (κ3) is 4.11. The zero-order valence-corrected chi connectivity index (χ0v) is 15.4. The zero-order chi connectivity index (χ0) is 15.7. The van der Waals surface area contributed by atoms with Crippen molar-refractivity contribution >= 4 is 45.7 Å². The Morgan fingerprint density at radius 1 is 1.52 bits per heavy atom. The van der Waals surface area contributed by atoms with E-state index in [1.165, 1.54) is 0 Å². The molecule has 1 saturated heterocycles. The van der Waals surface area contributed by atoms with E-state index < -0.39 is 5.54 Å². The predicted molar refractivity (Wildman–Crippen MR) is 97.5 cm³/mol. The molecule has 2 rings (SSSR count). The normalized spacial score (nSPS) is 22.5. The van der Waals surface area contributed by atoms with Gasteiger partial charge in [-0.3, -0.25) is 4.79 Å². The molecule has 1 aliphatic rings. The average molecular weight is 421 g/mol. The van der Waals surface area contributed by atoms with Gasteiger partial charge in [-0.15, -0.1) is 0 Å². The van der Waals surface area contributed by atoms with E-state index in [9.17, 15) is 4.79 Å². The van der Waals surface area contributed by atoms with Crippen LogP contribution in [0.4, 0.5) is 5.69 Å². The lowest BCUT2D eigenvalue weighted by atomic mass is 9.82. The van der Waals surface area contributed by atoms with E-state index in [0.717, 1.165) is 32.2 Å². The number of halogens is 2.